The Morgan fingerprint density at radius 1 is 1.29 bits per heavy atom. The van der Waals surface area contributed by atoms with Gasteiger partial charge in [-0.2, -0.15) is 5.10 Å². The van der Waals surface area contributed by atoms with Crippen LogP contribution >= 0.6 is 0 Å². The highest BCUT2D eigenvalue weighted by Crippen LogP contribution is 2.27. The Morgan fingerprint density at radius 3 is 2.76 bits per heavy atom. The van der Waals surface area contributed by atoms with Crippen molar-refractivity contribution in [1.82, 2.24) is 14.8 Å². The smallest absolute Gasteiger partial charge is 0.336 e. The molecule has 5 nitrogen and oxygen atoms in total. The van der Waals surface area contributed by atoms with Crippen LogP contribution in [0, 0.1) is 11.6 Å². The lowest BCUT2D eigenvalue weighted by molar-refractivity contribution is 0.0699. The molecule has 0 unspecified atom stereocenters. The van der Waals surface area contributed by atoms with Crippen molar-refractivity contribution < 1.29 is 18.7 Å². The van der Waals surface area contributed by atoms with Crippen LogP contribution in [0.25, 0.3) is 22.3 Å². The van der Waals surface area contributed by atoms with E-state index in [1.54, 1.807) is 7.05 Å². The Morgan fingerprint density at radius 2 is 2.05 bits per heavy atom. The molecule has 0 amide bonds. The normalized spacial score (nSPS) is 11.0. The van der Waals surface area contributed by atoms with Gasteiger partial charge in [0.15, 0.2) is 5.65 Å². The monoisotopic (exact) mass is 289 g/mol. The number of carboxylic acids is 1. The minimum Gasteiger partial charge on any atom is -0.478 e. The van der Waals surface area contributed by atoms with Gasteiger partial charge in [0.1, 0.15) is 11.6 Å². The number of halogens is 2. The van der Waals surface area contributed by atoms with Crippen molar-refractivity contribution in [1.29, 1.82) is 0 Å². The van der Waals surface area contributed by atoms with Gasteiger partial charge in [0.2, 0.25) is 0 Å². The summed E-state index contributed by atoms with van der Waals surface area (Å²) < 4.78 is 28.5. The third kappa shape index (κ3) is 2.12. The maximum atomic E-state index is 13.8. The van der Waals surface area contributed by atoms with Gasteiger partial charge in [0.05, 0.1) is 22.8 Å². The molecular weight excluding hydrogens is 280 g/mol. The quantitative estimate of drug-likeness (QED) is 0.787. The van der Waals surface area contributed by atoms with E-state index in [2.05, 4.69) is 10.1 Å². The molecule has 3 rings (SSSR count). The molecule has 0 atom stereocenters. The molecule has 0 bridgehead atoms. The largest absolute Gasteiger partial charge is 0.478 e. The van der Waals surface area contributed by atoms with E-state index in [1.807, 2.05) is 0 Å². The molecule has 0 spiro atoms. The predicted molar refractivity (Wildman–Crippen MR) is 70.8 cm³/mol. The van der Waals surface area contributed by atoms with Crippen molar-refractivity contribution in [2.24, 2.45) is 7.05 Å². The van der Waals surface area contributed by atoms with Crippen LogP contribution < -0.4 is 0 Å². The summed E-state index contributed by atoms with van der Waals surface area (Å²) in [7, 11) is 1.59. The Labute approximate surface area is 117 Å². The average molecular weight is 289 g/mol. The van der Waals surface area contributed by atoms with Gasteiger partial charge in [-0.3, -0.25) is 4.68 Å². The molecule has 21 heavy (non-hydrogen) atoms. The van der Waals surface area contributed by atoms with Crippen LogP contribution in [0.3, 0.4) is 0 Å². The number of aryl methyl sites for hydroxylation is 1. The molecule has 0 radical (unpaired) electrons. The first-order valence-corrected chi connectivity index (χ1v) is 5.99. The number of hydrogen-bond acceptors (Lipinski definition) is 3. The molecule has 3 aromatic rings. The number of pyridine rings is 1. The highest BCUT2D eigenvalue weighted by Gasteiger charge is 2.17. The van der Waals surface area contributed by atoms with E-state index in [-0.39, 0.29) is 22.5 Å². The lowest BCUT2D eigenvalue weighted by Crippen LogP contribution is -2.02. The Hall–Kier alpha value is -2.83. The number of aromatic carboxylic acids is 1. The minimum absolute atomic E-state index is 0.0421. The molecule has 2 aromatic heterocycles. The Balaban J connectivity index is 2.35. The molecule has 7 heteroatoms. The number of fused-ring (bicyclic) bond motifs is 1. The summed E-state index contributed by atoms with van der Waals surface area (Å²) in [6, 6.07) is 4.15. The molecule has 2 heterocycles. The van der Waals surface area contributed by atoms with Crippen molar-refractivity contribution in [2.45, 2.75) is 0 Å². The third-order valence-electron chi connectivity index (χ3n) is 3.14. The summed E-state index contributed by atoms with van der Waals surface area (Å²) in [5.41, 5.74) is 0.168. The highest BCUT2D eigenvalue weighted by atomic mass is 19.1. The fourth-order valence-electron chi connectivity index (χ4n) is 2.12. The molecule has 0 aliphatic carbocycles. The number of hydrogen-bond donors (Lipinski definition) is 1. The maximum Gasteiger partial charge on any atom is 0.336 e. The zero-order valence-corrected chi connectivity index (χ0v) is 10.8. The summed E-state index contributed by atoms with van der Waals surface area (Å²) >= 11 is 0. The van der Waals surface area contributed by atoms with Gasteiger partial charge in [-0.25, -0.2) is 18.6 Å². The second-order valence-corrected chi connectivity index (χ2v) is 4.49. The van der Waals surface area contributed by atoms with E-state index in [0.717, 1.165) is 18.2 Å². The predicted octanol–water partition coefficient (Wildman–Crippen LogP) is 2.61. The zero-order chi connectivity index (χ0) is 15.1. The first kappa shape index (κ1) is 13.2. The maximum absolute atomic E-state index is 13.8. The van der Waals surface area contributed by atoms with Crippen LogP contribution in [0.4, 0.5) is 8.78 Å². The fourth-order valence-corrected chi connectivity index (χ4v) is 2.12. The number of aromatic nitrogens is 3. The topological polar surface area (TPSA) is 68.0 Å². The van der Waals surface area contributed by atoms with Crippen molar-refractivity contribution in [2.75, 3.05) is 0 Å². The standard InChI is InChI=1S/C14H9F2N3O2/c1-19-13-10(6-17-19)8(14(20)21)5-12(18-13)9-4-7(15)2-3-11(9)16/h2-6H,1H3,(H,20,21). The summed E-state index contributed by atoms with van der Waals surface area (Å²) in [5.74, 6) is -2.50. The second kappa shape index (κ2) is 4.62. The van der Waals surface area contributed by atoms with Gasteiger partial charge < -0.3 is 5.11 Å². The molecule has 0 aliphatic heterocycles. The number of carboxylic acid groups (broad SMARTS) is 1. The lowest BCUT2D eigenvalue weighted by atomic mass is 10.1. The van der Waals surface area contributed by atoms with Crippen LogP contribution in [0.5, 0.6) is 0 Å². The van der Waals surface area contributed by atoms with Crippen molar-refractivity contribution in [3.8, 4) is 11.3 Å². The number of rotatable bonds is 2. The van der Waals surface area contributed by atoms with E-state index in [4.69, 9.17) is 0 Å². The summed E-state index contributed by atoms with van der Waals surface area (Å²) in [5, 5.41) is 13.5. The van der Waals surface area contributed by atoms with Crippen LogP contribution in [0.15, 0.2) is 30.5 Å². The zero-order valence-electron chi connectivity index (χ0n) is 10.8. The molecule has 106 valence electrons. The third-order valence-corrected chi connectivity index (χ3v) is 3.14. The fraction of sp³-hybridized carbons (Fsp3) is 0.0714. The summed E-state index contributed by atoms with van der Waals surface area (Å²) in [4.78, 5) is 15.5. The van der Waals surface area contributed by atoms with E-state index in [1.165, 1.54) is 16.9 Å². The molecule has 0 fully saturated rings. The SMILES string of the molecule is Cn1ncc2c(C(=O)O)cc(-c3cc(F)ccc3F)nc21. The van der Waals surface area contributed by atoms with Gasteiger partial charge in [-0.15, -0.1) is 0 Å². The van der Waals surface area contributed by atoms with Crippen molar-refractivity contribution in [3.63, 3.8) is 0 Å². The molecular formula is C14H9F2N3O2. The van der Waals surface area contributed by atoms with Crippen LogP contribution in [-0.4, -0.2) is 25.8 Å². The first-order chi connectivity index (χ1) is 9.97. The molecule has 1 N–H and O–H groups in total. The van der Waals surface area contributed by atoms with Gasteiger partial charge in [-0.05, 0) is 24.3 Å². The van der Waals surface area contributed by atoms with Crippen LogP contribution in [0.1, 0.15) is 10.4 Å². The summed E-state index contributed by atoms with van der Waals surface area (Å²) in [6.07, 6.45) is 1.37. The molecule has 1 aromatic carbocycles. The average Bonchev–Trinajstić information content (AvgIpc) is 2.82. The van der Waals surface area contributed by atoms with Crippen molar-refractivity contribution >= 4 is 17.0 Å². The van der Waals surface area contributed by atoms with E-state index >= 15 is 0 Å². The first-order valence-electron chi connectivity index (χ1n) is 5.99. The van der Waals surface area contributed by atoms with Gasteiger partial charge in [-0.1, -0.05) is 0 Å². The van der Waals surface area contributed by atoms with Crippen LogP contribution in [0.2, 0.25) is 0 Å². The van der Waals surface area contributed by atoms with E-state index in [9.17, 15) is 18.7 Å². The lowest BCUT2D eigenvalue weighted by Gasteiger charge is -2.06. The number of nitrogens with zero attached hydrogens (tertiary/aromatic N) is 3. The number of benzene rings is 1. The van der Waals surface area contributed by atoms with Crippen LogP contribution in [-0.2, 0) is 7.05 Å². The molecule has 0 saturated heterocycles. The van der Waals surface area contributed by atoms with Gasteiger partial charge in [0, 0.05) is 12.6 Å². The molecule has 0 aliphatic rings. The van der Waals surface area contributed by atoms with E-state index in [0.29, 0.717) is 5.39 Å². The number of carbonyl (C=O) groups is 1. The second-order valence-electron chi connectivity index (χ2n) is 4.49. The Bertz CT molecular complexity index is 874. The van der Waals surface area contributed by atoms with E-state index < -0.39 is 17.6 Å². The van der Waals surface area contributed by atoms with Gasteiger partial charge >= 0.3 is 5.97 Å². The van der Waals surface area contributed by atoms with Crippen molar-refractivity contribution in [3.05, 3.63) is 47.7 Å². The highest BCUT2D eigenvalue weighted by molar-refractivity contribution is 6.02. The van der Waals surface area contributed by atoms with Gasteiger partial charge in [0.25, 0.3) is 0 Å². The minimum atomic E-state index is -1.19. The molecule has 0 saturated carbocycles. The summed E-state index contributed by atoms with van der Waals surface area (Å²) in [6.45, 7) is 0. The Kier molecular flexibility index (Phi) is 2.90.